The molecule has 1 aliphatic rings. The third-order valence-electron chi connectivity index (χ3n) is 6.26. The number of nitrogens with two attached hydrogens (primary N) is 1. The van der Waals surface area contributed by atoms with Gasteiger partial charge in [0.05, 0.1) is 11.6 Å². The number of nitriles is 1. The summed E-state index contributed by atoms with van der Waals surface area (Å²) in [6, 6.07) is 16.5. The Morgan fingerprint density at radius 2 is 1.82 bits per heavy atom. The van der Waals surface area contributed by atoms with Crippen molar-refractivity contribution in [2.45, 2.75) is 52.5 Å². The Hall–Kier alpha value is -3.17. The Morgan fingerprint density at radius 3 is 2.45 bits per heavy atom. The van der Waals surface area contributed by atoms with E-state index in [2.05, 4.69) is 11.4 Å². The van der Waals surface area contributed by atoms with Gasteiger partial charge in [0.15, 0.2) is 0 Å². The van der Waals surface area contributed by atoms with E-state index in [-0.39, 0.29) is 23.1 Å². The minimum atomic E-state index is -0.255. The van der Waals surface area contributed by atoms with Crippen molar-refractivity contribution < 1.29 is 9.59 Å². The van der Waals surface area contributed by atoms with E-state index in [4.69, 9.17) is 11.0 Å². The number of benzene rings is 2. The first-order valence-electron chi connectivity index (χ1n) is 11.7. The molecule has 1 fully saturated rings. The van der Waals surface area contributed by atoms with Crippen molar-refractivity contribution in [3.05, 3.63) is 65.2 Å². The lowest BCUT2D eigenvalue weighted by molar-refractivity contribution is -0.120. The molecule has 33 heavy (non-hydrogen) atoms. The molecule has 0 atom stereocenters. The Morgan fingerprint density at radius 1 is 1.12 bits per heavy atom. The lowest BCUT2D eigenvalue weighted by atomic mass is 9.88. The van der Waals surface area contributed by atoms with Crippen molar-refractivity contribution in [2.24, 2.45) is 17.1 Å². The first kappa shape index (κ1) is 24.5. The molecule has 0 spiro atoms. The van der Waals surface area contributed by atoms with E-state index in [0.717, 1.165) is 36.9 Å². The zero-order valence-electron chi connectivity index (χ0n) is 19.6. The summed E-state index contributed by atoms with van der Waals surface area (Å²) >= 11 is 0. The second-order valence-electron chi connectivity index (χ2n) is 9.74. The molecular weight excluding hydrogens is 412 g/mol. The number of rotatable bonds is 8. The molecular formula is C27H34N4O2. The van der Waals surface area contributed by atoms with E-state index in [1.54, 1.807) is 29.2 Å². The van der Waals surface area contributed by atoms with Crippen LogP contribution in [-0.4, -0.2) is 29.8 Å². The van der Waals surface area contributed by atoms with Crippen molar-refractivity contribution in [1.82, 2.24) is 4.90 Å². The monoisotopic (exact) mass is 446 g/mol. The van der Waals surface area contributed by atoms with Crippen LogP contribution in [0.4, 0.5) is 5.69 Å². The molecule has 1 aliphatic carbocycles. The summed E-state index contributed by atoms with van der Waals surface area (Å²) < 4.78 is 0. The van der Waals surface area contributed by atoms with Gasteiger partial charge in [-0.05, 0) is 66.8 Å². The van der Waals surface area contributed by atoms with E-state index >= 15 is 0 Å². The molecule has 174 valence electrons. The van der Waals surface area contributed by atoms with Gasteiger partial charge in [-0.1, -0.05) is 45.2 Å². The Labute approximate surface area is 196 Å². The summed E-state index contributed by atoms with van der Waals surface area (Å²) in [6.45, 7) is 5.40. The van der Waals surface area contributed by atoms with Crippen LogP contribution in [0.1, 0.15) is 67.4 Å². The van der Waals surface area contributed by atoms with Crippen LogP contribution in [0.25, 0.3) is 0 Å². The lowest BCUT2D eigenvalue weighted by Gasteiger charge is -2.32. The molecule has 0 aromatic heterocycles. The highest BCUT2D eigenvalue weighted by molar-refractivity contribution is 5.94. The minimum absolute atomic E-state index is 0.0848. The van der Waals surface area contributed by atoms with Crippen molar-refractivity contribution in [3.8, 4) is 6.07 Å². The zero-order valence-corrected chi connectivity index (χ0v) is 19.6. The average molecular weight is 447 g/mol. The fourth-order valence-corrected chi connectivity index (χ4v) is 4.23. The van der Waals surface area contributed by atoms with Gasteiger partial charge in [-0.3, -0.25) is 9.59 Å². The van der Waals surface area contributed by atoms with E-state index in [1.807, 2.05) is 38.1 Å². The molecule has 2 aromatic rings. The standard InChI is InChI=1S/C27H34N4O2/c1-27(2,18-29)19-31(26(33)23-13-11-20(16-28)12-14-23)17-21-7-6-10-24(15-21)30-25(32)22-8-4-3-5-9-22/h6-7,10-15,22H,3-5,8-9,17-19,29H2,1-2H3,(H,30,32). The summed E-state index contributed by atoms with van der Waals surface area (Å²) in [5, 5.41) is 12.1. The van der Waals surface area contributed by atoms with Crippen LogP contribution in [0.5, 0.6) is 0 Å². The molecule has 0 heterocycles. The third-order valence-corrected chi connectivity index (χ3v) is 6.26. The van der Waals surface area contributed by atoms with Gasteiger partial charge in [0.25, 0.3) is 5.91 Å². The van der Waals surface area contributed by atoms with Gasteiger partial charge in [0, 0.05) is 30.3 Å². The van der Waals surface area contributed by atoms with Gasteiger partial charge in [0.1, 0.15) is 0 Å². The Kier molecular flexibility index (Phi) is 8.24. The van der Waals surface area contributed by atoms with Crippen LogP contribution in [0.3, 0.4) is 0 Å². The van der Waals surface area contributed by atoms with Crippen LogP contribution < -0.4 is 11.1 Å². The number of amides is 2. The molecule has 0 unspecified atom stereocenters. The maximum absolute atomic E-state index is 13.3. The zero-order chi connectivity index (χ0) is 23.8. The molecule has 0 aliphatic heterocycles. The predicted octanol–water partition coefficient (Wildman–Crippen LogP) is 4.70. The minimum Gasteiger partial charge on any atom is -0.334 e. The van der Waals surface area contributed by atoms with Gasteiger partial charge < -0.3 is 16.0 Å². The number of carbonyl (C=O) groups is 2. The fourth-order valence-electron chi connectivity index (χ4n) is 4.23. The Bertz CT molecular complexity index is 1000. The lowest BCUT2D eigenvalue weighted by Crippen LogP contribution is -2.41. The quantitative estimate of drug-likeness (QED) is 0.614. The second-order valence-corrected chi connectivity index (χ2v) is 9.74. The molecule has 1 saturated carbocycles. The van der Waals surface area contributed by atoms with E-state index in [0.29, 0.717) is 30.8 Å². The molecule has 6 heteroatoms. The summed E-state index contributed by atoms with van der Waals surface area (Å²) in [7, 11) is 0. The smallest absolute Gasteiger partial charge is 0.254 e. The maximum atomic E-state index is 13.3. The van der Waals surface area contributed by atoms with Crippen LogP contribution >= 0.6 is 0 Å². The molecule has 3 N–H and O–H groups in total. The summed E-state index contributed by atoms with van der Waals surface area (Å²) in [5.74, 6) is 0.0570. The van der Waals surface area contributed by atoms with Crippen molar-refractivity contribution in [2.75, 3.05) is 18.4 Å². The van der Waals surface area contributed by atoms with Crippen LogP contribution in [0, 0.1) is 22.7 Å². The molecule has 0 saturated heterocycles. The summed E-state index contributed by atoms with van der Waals surface area (Å²) in [4.78, 5) is 27.8. The number of carbonyl (C=O) groups excluding carboxylic acids is 2. The highest BCUT2D eigenvalue weighted by Gasteiger charge is 2.25. The number of hydrogen-bond acceptors (Lipinski definition) is 4. The topological polar surface area (TPSA) is 99.2 Å². The van der Waals surface area contributed by atoms with Crippen molar-refractivity contribution in [1.29, 1.82) is 5.26 Å². The maximum Gasteiger partial charge on any atom is 0.254 e. The molecule has 0 bridgehead atoms. The summed E-state index contributed by atoms with van der Waals surface area (Å²) in [6.07, 6.45) is 5.34. The number of hydrogen-bond donors (Lipinski definition) is 2. The first-order valence-corrected chi connectivity index (χ1v) is 11.7. The van der Waals surface area contributed by atoms with Gasteiger partial charge in [-0.2, -0.15) is 5.26 Å². The highest BCUT2D eigenvalue weighted by atomic mass is 16.2. The summed E-state index contributed by atoms with van der Waals surface area (Å²) in [5.41, 5.74) is 8.44. The second kappa shape index (κ2) is 11.1. The molecule has 3 rings (SSSR count). The largest absolute Gasteiger partial charge is 0.334 e. The number of nitrogens with one attached hydrogen (secondary N) is 1. The number of anilines is 1. The first-order chi connectivity index (χ1) is 15.8. The molecule has 2 amide bonds. The predicted molar refractivity (Wildman–Crippen MR) is 130 cm³/mol. The molecule has 6 nitrogen and oxygen atoms in total. The SMILES string of the molecule is CC(C)(CN)CN(Cc1cccc(NC(=O)C2CCCCC2)c1)C(=O)c1ccc(C#N)cc1. The fraction of sp³-hybridized carbons (Fsp3) is 0.444. The van der Waals surface area contributed by atoms with E-state index < -0.39 is 0 Å². The van der Waals surface area contributed by atoms with Gasteiger partial charge in [-0.25, -0.2) is 0 Å². The number of nitrogens with zero attached hydrogens (tertiary/aromatic N) is 2. The average Bonchev–Trinajstić information content (AvgIpc) is 2.84. The van der Waals surface area contributed by atoms with Gasteiger partial charge in [-0.15, -0.1) is 0 Å². The molecule has 2 aromatic carbocycles. The van der Waals surface area contributed by atoms with Crippen LogP contribution in [0.15, 0.2) is 48.5 Å². The molecule has 0 radical (unpaired) electrons. The normalized spacial score (nSPS) is 14.4. The Balaban J connectivity index is 1.77. The van der Waals surface area contributed by atoms with Crippen LogP contribution in [0.2, 0.25) is 0 Å². The van der Waals surface area contributed by atoms with Crippen LogP contribution in [-0.2, 0) is 11.3 Å². The van der Waals surface area contributed by atoms with Crippen molar-refractivity contribution in [3.63, 3.8) is 0 Å². The third kappa shape index (κ3) is 6.90. The van der Waals surface area contributed by atoms with E-state index in [9.17, 15) is 9.59 Å². The van der Waals surface area contributed by atoms with Gasteiger partial charge >= 0.3 is 0 Å². The van der Waals surface area contributed by atoms with Gasteiger partial charge in [0.2, 0.25) is 5.91 Å². The van der Waals surface area contributed by atoms with Crippen molar-refractivity contribution >= 4 is 17.5 Å². The highest BCUT2D eigenvalue weighted by Crippen LogP contribution is 2.26. The van der Waals surface area contributed by atoms with E-state index in [1.165, 1.54) is 6.42 Å².